The summed E-state index contributed by atoms with van der Waals surface area (Å²) in [6.07, 6.45) is 0. The first kappa shape index (κ1) is 12.1. The van der Waals surface area contributed by atoms with Gasteiger partial charge in [-0.25, -0.2) is 4.79 Å². The van der Waals surface area contributed by atoms with Gasteiger partial charge in [-0.1, -0.05) is 30.3 Å². The minimum absolute atomic E-state index is 0.129. The van der Waals surface area contributed by atoms with Gasteiger partial charge < -0.3 is 5.32 Å². The Morgan fingerprint density at radius 3 is 2.67 bits per heavy atom. The van der Waals surface area contributed by atoms with Gasteiger partial charge >= 0.3 is 6.03 Å². The molecule has 18 heavy (non-hydrogen) atoms. The number of rotatable bonds is 3. The van der Waals surface area contributed by atoms with Crippen molar-refractivity contribution in [3.8, 4) is 6.07 Å². The second-order valence-electron chi connectivity index (χ2n) is 4.27. The van der Waals surface area contributed by atoms with Crippen LogP contribution in [0.2, 0.25) is 0 Å². The Kier molecular flexibility index (Phi) is 3.28. The van der Waals surface area contributed by atoms with E-state index in [-0.39, 0.29) is 18.4 Å². The minimum Gasteiger partial charge on any atom is -0.322 e. The molecule has 1 aliphatic rings. The number of nitriles is 1. The van der Waals surface area contributed by atoms with Gasteiger partial charge in [0.2, 0.25) is 0 Å². The van der Waals surface area contributed by atoms with Crippen LogP contribution >= 0.6 is 0 Å². The van der Waals surface area contributed by atoms with E-state index in [9.17, 15) is 9.59 Å². The highest BCUT2D eigenvalue weighted by molar-refractivity contribution is 6.04. The van der Waals surface area contributed by atoms with Crippen LogP contribution in [0.3, 0.4) is 0 Å². The van der Waals surface area contributed by atoms with Crippen LogP contribution in [0.5, 0.6) is 0 Å². The van der Waals surface area contributed by atoms with Crippen molar-refractivity contribution in [1.29, 1.82) is 5.26 Å². The predicted octanol–water partition coefficient (Wildman–Crippen LogP) is 1.44. The summed E-state index contributed by atoms with van der Waals surface area (Å²) in [5.41, 5.74) is 0.753. The molecule has 0 spiro atoms. The van der Waals surface area contributed by atoms with Crippen molar-refractivity contribution in [3.63, 3.8) is 0 Å². The number of nitrogens with one attached hydrogen (secondary N) is 1. The van der Waals surface area contributed by atoms with Crippen molar-refractivity contribution in [2.24, 2.45) is 5.92 Å². The lowest BCUT2D eigenvalue weighted by molar-refractivity contribution is -0.127. The molecule has 1 aromatic rings. The molecular formula is C13H13N3O2. The van der Waals surface area contributed by atoms with Crippen LogP contribution in [0.25, 0.3) is 0 Å². The molecule has 1 aromatic carbocycles. The van der Waals surface area contributed by atoms with Gasteiger partial charge in [-0.15, -0.1) is 0 Å². The first-order chi connectivity index (χ1) is 8.63. The first-order valence-electron chi connectivity index (χ1n) is 5.70. The molecule has 1 N–H and O–H groups in total. The molecule has 2 unspecified atom stereocenters. The van der Waals surface area contributed by atoms with Crippen molar-refractivity contribution in [2.45, 2.75) is 13.0 Å². The fraction of sp³-hybridized carbons (Fsp3) is 0.308. The highest BCUT2D eigenvalue weighted by Crippen LogP contribution is 2.22. The van der Waals surface area contributed by atoms with Crippen LogP contribution in [0.15, 0.2) is 30.3 Å². The lowest BCUT2D eigenvalue weighted by Gasteiger charge is -2.13. The fourth-order valence-electron chi connectivity index (χ4n) is 1.88. The molecule has 5 heteroatoms. The Bertz CT molecular complexity index is 507. The zero-order chi connectivity index (χ0) is 13.1. The number of nitrogens with zero attached hydrogens (tertiary/aromatic N) is 2. The number of carbonyl (C=O) groups is 2. The predicted molar refractivity (Wildman–Crippen MR) is 64.2 cm³/mol. The molecular weight excluding hydrogens is 230 g/mol. The summed E-state index contributed by atoms with van der Waals surface area (Å²) < 4.78 is 0. The average molecular weight is 243 g/mol. The van der Waals surface area contributed by atoms with Crippen LogP contribution < -0.4 is 5.32 Å². The van der Waals surface area contributed by atoms with Crippen molar-refractivity contribution in [3.05, 3.63) is 35.9 Å². The van der Waals surface area contributed by atoms with E-state index in [1.165, 1.54) is 0 Å². The maximum Gasteiger partial charge on any atom is 0.325 e. The fourth-order valence-corrected chi connectivity index (χ4v) is 1.88. The molecule has 2 rings (SSSR count). The smallest absolute Gasteiger partial charge is 0.322 e. The SMILES string of the molecule is CC(C#N)CN1C(=O)NC(c2ccccc2)C1=O. The number of benzene rings is 1. The van der Waals surface area contributed by atoms with Gasteiger partial charge in [0.25, 0.3) is 5.91 Å². The van der Waals surface area contributed by atoms with Gasteiger partial charge in [0.15, 0.2) is 0 Å². The molecule has 0 saturated carbocycles. The van der Waals surface area contributed by atoms with E-state index >= 15 is 0 Å². The zero-order valence-corrected chi connectivity index (χ0v) is 9.96. The summed E-state index contributed by atoms with van der Waals surface area (Å²) >= 11 is 0. The van der Waals surface area contributed by atoms with E-state index in [1.807, 2.05) is 24.3 Å². The summed E-state index contributed by atoms with van der Waals surface area (Å²) in [7, 11) is 0. The Morgan fingerprint density at radius 2 is 2.06 bits per heavy atom. The number of urea groups is 1. The molecule has 0 aromatic heterocycles. The largest absolute Gasteiger partial charge is 0.325 e. The number of carbonyl (C=O) groups excluding carboxylic acids is 2. The lowest BCUT2D eigenvalue weighted by atomic mass is 10.1. The number of imide groups is 1. The van der Waals surface area contributed by atoms with Crippen LogP contribution in [0.4, 0.5) is 4.79 Å². The average Bonchev–Trinajstić information content (AvgIpc) is 2.67. The number of hydrogen-bond donors (Lipinski definition) is 1. The quantitative estimate of drug-likeness (QED) is 0.816. The van der Waals surface area contributed by atoms with E-state index in [2.05, 4.69) is 5.32 Å². The molecule has 0 aliphatic carbocycles. The lowest BCUT2D eigenvalue weighted by Crippen LogP contribution is -2.34. The molecule has 92 valence electrons. The Labute approximate surface area is 105 Å². The molecule has 1 saturated heterocycles. The Morgan fingerprint density at radius 1 is 1.39 bits per heavy atom. The van der Waals surface area contributed by atoms with E-state index in [0.717, 1.165) is 10.5 Å². The van der Waals surface area contributed by atoms with Crippen LogP contribution in [-0.4, -0.2) is 23.4 Å². The standard InChI is InChI=1S/C13H13N3O2/c1-9(7-14)8-16-12(17)11(15-13(16)18)10-5-3-2-4-6-10/h2-6,9,11H,8H2,1H3,(H,15,18). The molecule has 1 heterocycles. The summed E-state index contributed by atoms with van der Waals surface area (Å²) in [5, 5.41) is 11.4. The topological polar surface area (TPSA) is 73.2 Å². The van der Waals surface area contributed by atoms with Gasteiger partial charge in [0.05, 0.1) is 12.0 Å². The highest BCUT2D eigenvalue weighted by Gasteiger charge is 2.39. The molecule has 2 atom stereocenters. The maximum absolute atomic E-state index is 12.1. The third-order valence-electron chi connectivity index (χ3n) is 2.84. The van der Waals surface area contributed by atoms with Crippen molar-refractivity contribution >= 4 is 11.9 Å². The van der Waals surface area contributed by atoms with Gasteiger partial charge in [0.1, 0.15) is 6.04 Å². The van der Waals surface area contributed by atoms with E-state index in [0.29, 0.717) is 0 Å². The second-order valence-corrected chi connectivity index (χ2v) is 4.27. The summed E-state index contributed by atoms with van der Waals surface area (Å²) in [5.74, 6) is -0.664. The zero-order valence-electron chi connectivity index (χ0n) is 9.96. The van der Waals surface area contributed by atoms with E-state index in [4.69, 9.17) is 5.26 Å². The number of hydrogen-bond acceptors (Lipinski definition) is 3. The van der Waals surface area contributed by atoms with Crippen LogP contribution in [-0.2, 0) is 4.79 Å². The third kappa shape index (κ3) is 2.18. The maximum atomic E-state index is 12.1. The highest BCUT2D eigenvalue weighted by atomic mass is 16.2. The third-order valence-corrected chi connectivity index (χ3v) is 2.84. The summed E-state index contributed by atoms with van der Waals surface area (Å²) in [4.78, 5) is 24.9. The van der Waals surface area contributed by atoms with Gasteiger partial charge in [-0.2, -0.15) is 5.26 Å². The first-order valence-corrected chi connectivity index (χ1v) is 5.70. The van der Waals surface area contributed by atoms with Crippen molar-refractivity contribution in [2.75, 3.05) is 6.54 Å². The van der Waals surface area contributed by atoms with Gasteiger partial charge in [-0.3, -0.25) is 9.69 Å². The van der Waals surface area contributed by atoms with Crippen molar-refractivity contribution < 1.29 is 9.59 Å². The molecule has 0 radical (unpaired) electrons. The summed E-state index contributed by atoms with van der Waals surface area (Å²) in [6, 6.07) is 10.0. The van der Waals surface area contributed by atoms with Crippen LogP contribution in [0, 0.1) is 17.2 Å². The van der Waals surface area contributed by atoms with E-state index < -0.39 is 12.1 Å². The second kappa shape index (κ2) is 4.88. The monoisotopic (exact) mass is 243 g/mol. The normalized spacial score (nSPS) is 20.4. The molecule has 3 amide bonds. The molecule has 0 bridgehead atoms. The molecule has 5 nitrogen and oxygen atoms in total. The minimum atomic E-state index is -0.635. The Hall–Kier alpha value is -2.35. The number of amides is 3. The van der Waals surface area contributed by atoms with Crippen molar-refractivity contribution in [1.82, 2.24) is 10.2 Å². The van der Waals surface area contributed by atoms with Gasteiger partial charge in [0, 0.05) is 6.54 Å². The summed E-state index contributed by atoms with van der Waals surface area (Å²) in [6.45, 7) is 1.81. The Balaban J connectivity index is 2.17. The van der Waals surface area contributed by atoms with E-state index in [1.54, 1.807) is 19.1 Å². The molecule has 1 fully saturated rings. The van der Waals surface area contributed by atoms with Crippen LogP contribution in [0.1, 0.15) is 18.5 Å². The van der Waals surface area contributed by atoms with Gasteiger partial charge in [-0.05, 0) is 12.5 Å². The molecule has 1 aliphatic heterocycles.